The molecule has 3 unspecified atom stereocenters. The Morgan fingerprint density at radius 2 is 2.30 bits per heavy atom. The molecule has 1 aromatic rings. The average molecular weight is 299 g/mol. The van der Waals surface area contributed by atoms with Gasteiger partial charge in [-0.25, -0.2) is 8.42 Å². The monoisotopic (exact) mass is 299 g/mol. The number of aliphatic carboxylic acids is 1. The highest BCUT2D eigenvalue weighted by molar-refractivity contribution is 7.93. The molecule has 20 heavy (non-hydrogen) atoms. The van der Waals surface area contributed by atoms with Crippen molar-refractivity contribution >= 4 is 21.7 Å². The Labute approximate surface area is 114 Å². The number of fused-ring (bicyclic) bond motifs is 1. The second-order valence-electron chi connectivity index (χ2n) is 5.14. The first-order chi connectivity index (χ1) is 9.29. The molecule has 2 fully saturated rings. The van der Waals surface area contributed by atoms with Gasteiger partial charge in [-0.1, -0.05) is 5.21 Å². The van der Waals surface area contributed by atoms with Gasteiger partial charge in [-0.2, -0.15) is 0 Å². The van der Waals surface area contributed by atoms with Crippen LogP contribution in [0.1, 0.15) is 13.3 Å². The van der Waals surface area contributed by atoms with Gasteiger partial charge in [-0.05, 0) is 6.92 Å². The third-order valence-electron chi connectivity index (χ3n) is 3.98. The SMILES string of the molecule is CC1(Cn2ccnn2)C(C(=O)[O-])N2C(=O)CC2S1(=O)=O. The normalized spacial score (nSPS) is 34.6. The minimum absolute atomic E-state index is 0.181. The molecule has 9 nitrogen and oxygen atoms in total. The molecular formula is C10H11N4O5S-. The van der Waals surface area contributed by atoms with Gasteiger partial charge < -0.3 is 14.8 Å². The van der Waals surface area contributed by atoms with Crippen LogP contribution in [-0.4, -0.2) is 56.4 Å². The summed E-state index contributed by atoms with van der Waals surface area (Å²) >= 11 is 0. The fraction of sp³-hybridized carbons (Fsp3) is 0.600. The van der Waals surface area contributed by atoms with Crippen molar-refractivity contribution in [2.24, 2.45) is 0 Å². The van der Waals surface area contributed by atoms with Crippen LogP contribution in [0.25, 0.3) is 0 Å². The largest absolute Gasteiger partial charge is 0.548 e. The molecule has 0 N–H and O–H groups in total. The van der Waals surface area contributed by atoms with E-state index in [1.165, 1.54) is 24.0 Å². The second-order valence-corrected chi connectivity index (χ2v) is 7.71. The Morgan fingerprint density at radius 1 is 1.60 bits per heavy atom. The van der Waals surface area contributed by atoms with Crippen LogP contribution in [-0.2, 0) is 26.0 Å². The summed E-state index contributed by atoms with van der Waals surface area (Å²) in [4.78, 5) is 23.8. The minimum atomic E-state index is -3.84. The fourth-order valence-electron chi connectivity index (χ4n) is 2.91. The van der Waals surface area contributed by atoms with Crippen LogP contribution in [0.5, 0.6) is 0 Å². The van der Waals surface area contributed by atoms with Crippen LogP contribution >= 0.6 is 0 Å². The summed E-state index contributed by atoms with van der Waals surface area (Å²) in [6, 6.07) is -1.51. The quantitative estimate of drug-likeness (QED) is 0.550. The van der Waals surface area contributed by atoms with E-state index in [0.717, 1.165) is 4.90 Å². The zero-order valence-corrected chi connectivity index (χ0v) is 11.3. The third-order valence-corrected chi connectivity index (χ3v) is 6.75. The highest BCUT2D eigenvalue weighted by Gasteiger charge is 2.68. The van der Waals surface area contributed by atoms with E-state index >= 15 is 0 Å². The summed E-state index contributed by atoms with van der Waals surface area (Å²) in [7, 11) is -3.84. The van der Waals surface area contributed by atoms with Gasteiger partial charge >= 0.3 is 0 Å². The van der Waals surface area contributed by atoms with E-state index in [1.807, 2.05) is 0 Å². The predicted molar refractivity (Wildman–Crippen MR) is 61.4 cm³/mol. The standard InChI is InChI=1S/C10H12N4O5S/c1-10(5-13-3-2-11-12-13)8(9(16)17)14-6(15)4-7(14)20(10,18)19/h2-3,7-8H,4-5H2,1H3,(H,16,17)/p-1. The summed E-state index contributed by atoms with van der Waals surface area (Å²) in [6.07, 6.45) is 2.61. The van der Waals surface area contributed by atoms with Gasteiger partial charge in [0.15, 0.2) is 9.84 Å². The van der Waals surface area contributed by atoms with Crippen LogP contribution < -0.4 is 5.11 Å². The maximum Gasteiger partial charge on any atom is 0.227 e. The number of carbonyl (C=O) groups is 2. The van der Waals surface area contributed by atoms with Crippen LogP contribution in [0.4, 0.5) is 0 Å². The number of carboxylic acids is 1. The van der Waals surface area contributed by atoms with Crippen molar-refractivity contribution in [1.82, 2.24) is 19.9 Å². The lowest BCUT2D eigenvalue weighted by molar-refractivity contribution is -0.312. The highest BCUT2D eigenvalue weighted by Crippen LogP contribution is 2.46. The lowest BCUT2D eigenvalue weighted by atomic mass is 9.96. The molecular weight excluding hydrogens is 288 g/mol. The summed E-state index contributed by atoms with van der Waals surface area (Å²) in [5.41, 5.74) is 0. The topological polar surface area (TPSA) is 125 Å². The van der Waals surface area contributed by atoms with Crippen molar-refractivity contribution in [2.45, 2.75) is 36.1 Å². The second kappa shape index (κ2) is 3.78. The zero-order chi connectivity index (χ0) is 14.7. The summed E-state index contributed by atoms with van der Waals surface area (Å²) < 4.78 is 24.6. The molecule has 3 rings (SSSR count). The molecule has 3 heterocycles. The Hall–Kier alpha value is -1.97. The van der Waals surface area contributed by atoms with Crippen LogP contribution in [0.15, 0.2) is 12.4 Å². The van der Waals surface area contributed by atoms with Crippen molar-refractivity contribution in [2.75, 3.05) is 0 Å². The first kappa shape index (κ1) is 13.0. The van der Waals surface area contributed by atoms with E-state index in [4.69, 9.17) is 0 Å². The number of aromatic nitrogens is 3. The number of amides is 1. The van der Waals surface area contributed by atoms with Gasteiger partial charge in [-0.15, -0.1) is 5.10 Å². The number of hydrogen-bond acceptors (Lipinski definition) is 7. The maximum atomic E-state index is 12.5. The lowest BCUT2D eigenvalue weighted by Crippen LogP contribution is -2.61. The third kappa shape index (κ3) is 1.39. The predicted octanol–water partition coefficient (Wildman–Crippen LogP) is -2.86. The Bertz CT molecular complexity index is 685. The number of carboxylic acid groups (broad SMARTS) is 1. The molecule has 2 aliphatic heterocycles. The van der Waals surface area contributed by atoms with Gasteiger partial charge in [-0.3, -0.25) is 9.48 Å². The Morgan fingerprint density at radius 3 is 2.80 bits per heavy atom. The van der Waals surface area contributed by atoms with Crippen molar-refractivity contribution in [3.8, 4) is 0 Å². The molecule has 0 aliphatic carbocycles. The molecule has 3 atom stereocenters. The number of carbonyl (C=O) groups excluding carboxylic acids is 2. The molecule has 0 saturated carbocycles. The first-order valence-corrected chi connectivity index (χ1v) is 7.43. The van der Waals surface area contributed by atoms with E-state index in [9.17, 15) is 23.1 Å². The number of rotatable bonds is 3. The van der Waals surface area contributed by atoms with E-state index in [1.54, 1.807) is 0 Å². The molecule has 0 radical (unpaired) electrons. The summed E-state index contributed by atoms with van der Waals surface area (Å²) in [5, 5.41) is 17.5. The van der Waals surface area contributed by atoms with E-state index < -0.39 is 37.9 Å². The molecule has 10 heteroatoms. The lowest BCUT2D eigenvalue weighted by Gasteiger charge is -2.38. The zero-order valence-electron chi connectivity index (χ0n) is 10.5. The fourth-order valence-corrected chi connectivity index (χ4v) is 5.26. The number of sulfone groups is 1. The molecule has 1 aromatic heterocycles. The van der Waals surface area contributed by atoms with E-state index in [0.29, 0.717) is 0 Å². The summed E-state index contributed by atoms with van der Waals surface area (Å²) in [5.74, 6) is -2.07. The average Bonchev–Trinajstić information content (AvgIpc) is 2.87. The van der Waals surface area contributed by atoms with Gasteiger partial charge in [0.05, 0.1) is 31.2 Å². The Kier molecular flexibility index (Phi) is 2.46. The van der Waals surface area contributed by atoms with Crippen LogP contribution in [0, 0.1) is 0 Å². The van der Waals surface area contributed by atoms with Crippen molar-refractivity contribution < 1.29 is 23.1 Å². The molecule has 2 aliphatic rings. The molecule has 108 valence electrons. The van der Waals surface area contributed by atoms with Crippen LogP contribution in [0.3, 0.4) is 0 Å². The van der Waals surface area contributed by atoms with E-state index in [-0.39, 0.29) is 13.0 Å². The smallest absolute Gasteiger partial charge is 0.227 e. The molecule has 2 saturated heterocycles. The highest BCUT2D eigenvalue weighted by atomic mass is 32.2. The minimum Gasteiger partial charge on any atom is -0.548 e. The number of hydrogen-bond donors (Lipinski definition) is 0. The molecule has 0 bridgehead atoms. The van der Waals surface area contributed by atoms with Gasteiger partial charge in [0.2, 0.25) is 5.91 Å². The van der Waals surface area contributed by atoms with Crippen molar-refractivity contribution in [3.05, 3.63) is 12.4 Å². The molecule has 0 spiro atoms. The van der Waals surface area contributed by atoms with Gasteiger partial charge in [0.1, 0.15) is 10.1 Å². The molecule has 0 aromatic carbocycles. The maximum absolute atomic E-state index is 12.5. The first-order valence-electron chi connectivity index (χ1n) is 5.88. The number of nitrogens with zero attached hydrogens (tertiary/aromatic N) is 4. The van der Waals surface area contributed by atoms with Gasteiger partial charge in [0.25, 0.3) is 0 Å². The van der Waals surface area contributed by atoms with Crippen molar-refractivity contribution in [1.29, 1.82) is 0 Å². The molecule has 1 amide bonds. The summed E-state index contributed by atoms with van der Waals surface area (Å²) in [6.45, 7) is 1.10. The van der Waals surface area contributed by atoms with Gasteiger partial charge in [0, 0.05) is 6.20 Å². The van der Waals surface area contributed by atoms with E-state index in [2.05, 4.69) is 10.3 Å². The Balaban J connectivity index is 2.10. The van der Waals surface area contributed by atoms with Crippen molar-refractivity contribution in [3.63, 3.8) is 0 Å². The number of β-lactam (4-membered cyclic amide) rings is 1. The van der Waals surface area contributed by atoms with Crippen LogP contribution in [0.2, 0.25) is 0 Å².